The van der Waals surface area contributed by atoms with E-state index in [9.17, 15) is 29.7 Å². The van der Waals surface area contributed by atoms with Crippen molar-refractivity contribution in [2.24, 2.45) is 23.7 Å². The summed E-state index contributed by atoms with van der Waals surface area (Å²) in [7, 11) is 3.73. The highest BCUT2D eigenvalue weighted by atomic mass is 16.7. The molecular weight excluding hydrogens is 494 g/mol. The fraction of sp³-hybridized carbons (Fsp3) is 0.821. The van der Waals surface area contributed by atoms with E-state index in [2.05, 4.69) is 0 Å². The molecule has 1 saturated heterocycles. The fourth-order valence-electron chi connectivity index (χ4n) is 5.48. The third-order valence-electron chi connectivity index (χ3n) is 7.90. The van der Waals surface area contributed by atoms with Crippen LogP contribution in [-0.2, 0) is 28.6 Å². The van der Waals surface area contributed by atoms with E-state index in [1.165, 1.54) is 32.9 Å². The zero-order valence-electron chi connectivity index (χ0n) is 24.2. The molecule has 0 unspecified atom stereocenters. The molecule has 0 radical (unpaired) electrons. The summed E-state index contributed by atoms with van der Waals surface area (Å²) in [6, 6.07) is -0.215. The molecule has 3 N–H and O–H groups in total. The number of carbonyl (C=O) groups excluding carboxylic acids is 3. The molecule has 0 saturated carbocycles. The number of ketones is 2. The van der Waals surface area contributed by atoms with E-state index < -0.39 is 65.8 Å². The molecule has 0 aliphatic carbocycles. The first-order chi connectivity index (χ1) is 17.5. The van der Waals surface area contributed by atoms with Gasteiger partial charge in [0.25, 0.3) is 0 Å². The van der Waals surface area contributed by atoms with Gasteiger partial charge in [-0.1, -0.05) is 20.8 Å². The maximum atomic E-state index is 13.5. The zero-order valence-corrected chi connectivity index (χ0v) is 24.2. The molecule has 12 atom stereocenters. The summed E-state index contributed by atoms with van der Waals surface area (Å²) in [5, 5.41) is 32.1. The van der Waals surface area contributed by atoms with Crippen molar-refractivity contribution < 1.29 is 43.9 Å². The normalized spacial score (nSPS) is 43.9. The van der Waals surface area contributed by atoms with E-state index in [0.717, 1.165) is 0 Å². The van der Waals surface area contributed by atoms with Gasteiger partial charge in [0.05, 0.1) is 18.3 Å². The molecule has 1 fully saturated rings. The molecule has 2 heterocycles. The number of esters is 1. The number of ether oxygens (including phenoxy) is 3. The van der Waals surface area contributed by atoms with Crippen molar-refractivity contribution in [3.05, 3.63) is 12.2 Å². The number of carbonyl (C=O) groups is 3. The number of aliphatic hydroxyl groups excluding tert-OH is 2. The molecule has 10 nitrogen and oxygen atoms in total. The predicted octanol–water partition coefficient (Wildman–Crippen LogP) is 1.48. The van der Waals surface area contributed by atoms with Gasteiger partial charge < -0.3 is 34.4 Å². The third kappa shape index (κ3) is 7.70. The van der Waals surface area contributed by atoms with Crippen LogP contribution in [0.5, 0.6) is 0 Å². The van der Waals surface area contributed by atoms with Crippen LogP contribution in [0.15, 0.2) is 12.2 Å². The van der Waals surface area contributed by atoms with Gasteiger partial charge >= 0.3 is 5.97 Å². The Morgan fingerprint density at radius 1 is 1.11 bits per heavy atom. The highest BCUT2D eigenvalue weighted by molar-refractivity contribution is 6.00. The molecule has 0 spiro atoms. The average Bonchev–Trinajstić information content (AvgIpc) is 2.83. The fourth-order valence-corrected chi connectivity index (χ4v) is 5.48. The lowest BCUT2D eigenvalue weighted by Crippen LogP contribution is -2.56. The minimum Gasteiger partial charge on any atom is -0.456 e. The Bertz CT molecular complexity index is 870. The van der Waals surface area contributed by atoms with E-state index >= 15 is 0 Å². The second kappa shape index (κ2) is 13.1. The van der Waals surface area contributed by atoms with Crippen LogP contribution < -0.4 is 0 Å². The van der Waals surface area contributed by atoms with Crippen molar-refractivity contribution >= 4 is 17.5 Å². The topological polar surface area (TPSA) is 143 Å². The van der Waals surface area contributed by atoms with E-state index in [0.29, 0.717) is 12.8 Å². The van der Waals surface area contributed by atoms with Gasteiger partial charge in [-0.05, 0) is 72.7 Å². The number of aliphatic hydroxyl groups is 3. The van der Waals surface area contributed by atoms with E-state index in [1.807, 2.05) is 32.8 Å². The number of allylic oxidation sites excluding steroid dienone is 1. The Morgan fingerprint density at radius 2 is 1.71 bits per heavy atom. The Kier molecular flexibility index (Phi) is 11.2. The summed E-state index contributed by atoms with van der Waals surface area (Å²) in [5.41, 5.74) is -1.84. The van der Waals surface area contributed by atoms with Crippen molar-refractivity contribution in [2.45, 2.75) is 110 Å². The maximum Gasteiger partial charge on any atom is 0.316 e. The lowest BCUT2D eigenvalue weighted by Gasteiger charge is -2.43. The third-order valence-corrected chi connectivity index (χ3v) is 7.90. The number of nitrogens with zero attached hydrogens (tertiary/aromatic N) is 1. The predicted molar refractivity (Wildman–Crippen MR) is 140 cm³/mol. The first-order valence-corrected chi connectivity index (χ1v) is 13.5. The second-order valence-electron chi connectivity index (χ2n) is 11.8. The summed E-state index contributed by atoms with van der Waals surface area (Å²) in [5.74, 6) is -4.47. The van der Waals surface area contributed by atoms with E-state index in [4.69, 9.17) is 14.2 Å². The molecule has 0 amide bonds. The highest BCUT2D eigenvalue weighted by Crippen LogP contribution is 2.32. The standard InChI is InChI=1S/C28H47NO9/c1-14-12-15(2)24(37-27-23(33)20(29(8)9)13-16(3)36-27)17(4)22(32)18(5)26(34)38-25(19(6)30)28(7,35)11-10-21(14)31/h10-11,14-20,23-25,27,30,33,35H,12-13H2,1-9H3/b11-10+/t14-,15+,16-,17+,18-,19-,20+,23-,24+,25-,27+,28+/m1/s1. The summed E-state index contributed by atoms with van der Waals surface area (Å²) in [6.45, 7) is 11.2. The van der Waals surface area contributed by atoms with Crippen molar-refractivity contribution in [3.8, 4) is 0 Å². The van der Waals surface area contributed by atoms with Gasteiger partial charge in [0.1, 0.15) is 17.6 Å². The van der Waals surface area contributed by atoms with Crippen molar-refractivity contribution in [1.82, 2.24) is 4.90 Å². The molecule has 2 aliphatic rings. The maximum absolute atomic E-state index is 13.5. The van der Waals surface area contributed by atoms with Gasteiger partial charge in [-0.25, -0.2) is 0 Å². The molecule has 0 bridgehead atoms. The quantitative estimate of drug-likeness (QED) is 0.354. The highest BCUT2D eigenvalue weighted by Gasteiger charge is 2.44. The van der Waals surface area contributed by atoms with E-state index in [-0.39, 0.29) is 23.8 Å². The van der Waals surface area contributed by atoms with Gasteiger partial charge in [-0.3, -0.25) is 14.4 Å². The Labute approximate surface area is 226 Å². The molecule has 2 aliphatic heterocycles. The minimum atomic E-state index is -1.84. The largest absolute Gasteiger partial charge is 0.456 e. The zero-order chi connectivity index (χ0) is 29.1. The summed E-state index contributed by atoms with van der Waals surface area (Å²) in [4.78, 5) is 41.3. The van der Waals surface area contributed by atoms with Crippen molar-refractivity contribution in [3.63, 3.8) is 0 Å². The van der Waals surface area contributed by atoms with Gasteiger partial charge in [-0.15, -0.1) is 0 Å². The number of cyclic esters (lactones) is 1. The van der Waals surface area contributed by atoms with Crippen LogP contribution >= 0.6 is 0 Å². The summed E-state index contributed by atoms with van der Waals surface area (Å²) in [6.07, 6.45) is -2.21. The van der Waals surface area contributed by atoms with Gasteiger partial charge in [0.15, 0.2) is 24.0 Å². The molecule has 38 heavy (non-hydrogen) atoms. The smallest absolute Gasteiger partial charge is 0.316 e. The van der Waals surface area contributed by atoms with Crippen LogP contribution in [0.2, 0.25) is 0 Å². The van der Waals surface area contributed by atoms with Crippen molar-refractivity contribution in [1.29, 1.82) is 0 Å². The monoisotopic (exact) mass is 541 g/mol. The molecule has 10 heteroatoms. The van der Waals surface area contributed by atoms with Gasteiger partial charge in [0, 0.05) is 17.9 Å². The molecule has 0 aromatic carbocycles. The summed E-state index contributed by atoms with van der Waals surface area (Å²) < 4.78 is 17.7. The molecule has 218 valence electrons. The number of hydrogen-bond donors (Lipinski definition) is 3. The minimum absolute atomic E-state index is 0.194. The van der Waals surface area contributed by atoms with Gasteiger partial charge in [0.2, 0.25) is 0 Å². The lowest BCUT2D eigenvalue weighted by molar-refractivity contribution is -0.278. The average molecular weight is 542 g/mol. The van der Waals surface area contributed by atoms with Crippen LogP contribution in [0.3, 0.4) is 0 Å². The molecule has 0 aromatic heterocycles. The number of rotatable bonds is 4. The molecule has 2 rings (SSSR count). The first-order valence-electron chi connectivity index (χ1n) is 13.5. The van der Waals surface area contributed by atoms with Crippen LogP contribution in [-0.4, -0.2) is 100 Å². The van der Waals surface area contributed by atoms with E-state index in [1.54, 1.807) is 13.8 Å². The number of likely N-dealkylation sites (N-methyl/N-ethyl adjacent to an activating group) is 1. The van der Waals surface area contributed by atoms with Gasteiger partial charge in [-0.2, -0.15) is 0 Å². The SMILES string of the molecule is C[C@H]1C(=O)O[C@H]([C@@H](C)O)[C@@](C)(O)/C=C/C(=O)[C@H](C)C[C@H](C)[C@H](O[C@@H]2O[C@H](C)C[C@H](N(C)C)[C@H]2O)[C@@H](C)C1=O. The van der Waals surface area contributed by atoms with Crippen LogP contribution in [0.25, 0.3) is 0 Å². The first kappa shape index (κ1) is 32.5. The Hall–Kier alpha value is -1.69. The summed E-state index contributed by atoms with van der Waals surface area (Å²) >= 11 is 0. The Balaban J connectivity index is 2.46. The number of Topliss-reactive ketones (excluding diaryl/α,β-unsaturated/α-hetero) is 1. The second-order valence-corrected chi connectivity index (χ2v) is 11.8. The molecule has 0 aromatic rings. The van der Waals surface area contributed by atoms with Crippen LogP contribution in [0, 0.1) is 23.7 Å². The van der Waals surface area contributed by atoms with Crippen molar-refractivity contribution in [2.75, 3.05) is 14.1 Å². The Morgan fingerprint density at radius 3 is 2.26 bits per heavy atom. The number of hydrogen-bond acceptors (Lipinski definition) is 10. The van der Waals surface area contributed by atoms with Crippen LogP contribution in [0.1, 0.15) is 61.3 Å². The molecular formula is C28H47NO9. The lowest BCUT2D eigenvalue weighted by atomic mass is 9.80. The van der Waals surface area contributed by atoms with Crippen LogP contribution in [0.4, 0.5) is 0 Å².